The van der Waals surface area contributed by atoms with Crippen molar-refractivity contribution in [1.82, 2.24) is 4.98 Å². The van der Waals surface area contributed by atoms with Crippen molar-refractivity contribution in [1.29, 1.82) is 0 Å². The average Bonchev–Trinajstić information content (AvgIpc) is 2.59. The van der Waals surface area contributed by atoms with Crippen molar-refractivity contribution in [2.45, 2.75) is 10.8 Å². The topological polar surface area (TPSA) is 32.9 Å². The molecule has 0 aliphatic heterocycles. The van der Waals surface area contributed by atoms with Crippen LogP contribution < -0.4 is 0 Å². The van der Waals surface area contributed by atoms with E-state index in [4.69, 9.17) is 0 Å². The van der Waals surface area contributed by atoms with Crippen molar-refractivity contribution in [3.63, 3.8) is 0 Å². The van der Waals surface area contributed by atoms with Gasteiger partial charge in [0.2, 0.25) is 0 Å². The first kappa shape index (κ1) is 9.33. The third-order valence-corrected chi connectivity index (χ3v) is 2.86. The molecule has 2 rings (SSSR count). The maximum absolute atomic E-state index is 12.1. The fourth-order valence-electron chi connectivity index (χ4n) is 1.25. The van der Waals surface area contributed by atoms with Crippen molar-refractivity contribution in [3.05, 3.63) is 30.3 Å². The molecule has 0 saturated carbocycles. The van der Waals surface area contributed by atoms with Gasteiger partial charge in [0.05, 0.1) is 0 Å². The zero-order valence-electron chi connectivity index (χ0n) is 7.04. The maximum atomic E-state index is 12.1. The molecule has 1 atom stereocenters. The highest BCUT2D eigenvalue weighted by molar-refractivity contribution is 7.85. The second-order valence-electron chi connectivity index (χ2n) is 2.78. The van der Waals surface area contributed by atoms with E-state index in [1.807, 2.05) is 0 Å². The molecule has 0 amide bonds. The summed E-state index contributed by atoms with van der Waals surface area (Å²) in [5.41, 5.74) is 0.719. The molecule has 0 aliphatic rings. The first-order chi connectivity index (χ1) is 6.68. The number of rotatable bonds is 2. The highest BCUT2D eigenvalue weighted by atomic mass is 32.2. The molecular weight excluding hydrogens is 208 g/mol. The number of hydrogen-bond acceptors (Lipinski definition) is 1. The van der Waals surface area contributed by atoms with Gasteiger partial charge < -0.3 is 4.98 Å². The summed E-state index contributed by atoms with van der Waals surface area (Å²) in [6.45, 7) is 0. The number of benzene rings is 1. The zero-order chi connectivity index (χ0) is 10.1. The Balaban J connectivity index is 2.50. The number of para-hydroxylation sites is 1. The van der Waals surface area contributed by atoms with Crippen molar-refractivity contribution < 1.29 is 13.0 Å². The Labute approximate surface area is 81.4 Å². The van der Waals surface area contributed by atoms with Crippen LogP contribution in [0.3, 0.4) is 0 Å². The predicted octanol–water partition coefficient (Wildman–Crippen LogP) is 2.50. The number of fused-ring (bicyclic) bond motifs is 1. The van der Waals surface area contributed by atoms with Gasteiger partial charge in [-0.3, -0.25) is 0 Å². The van der Waals surface area contributed by atoms with Crippen LogP contribution in [0.5, 0.6) is 0 Å². The molecule has 1 aromatic carbocycles. The molecule has 0 fully saturated rings. The molecule has 5 heteroatoms. The van der Waals surface area contributed by atoms with Crippen LogP contribution in [0.4, 0.5) is 8.78 Å². The van der Waals surface area contributed by atoms with Crippen LogP contribution >= 0.6 is 0 Å². The Morgan fingerprint density at radius 3 is 2.64 bits per heavy atom. The molecule has 1 N–H and O–H groups in total. The normalized spacial score (nSPS) is 13.6. The Morgan fingerprint density at radius 1 is 1.29 bits per heavy atom. The van der Waals surface area contributed by atoms with E-state index in [9.17, 15) is 13.0 Å². The molecule has 0 radical (unpaired) electrons. The molecule has 74 valence electrons. The average molecular weight is 215 g/mol. The largest absolute Gasteiger partial charge is 0.348 e. The minimum Gasteiger partial charge on any atom is -0.348 e. The van der Waals surface area contributed by atoms with E-state index in [1.165, 1.54) is 6.07 Å². The molecule has 0 bridgehead atoms. The lowest BCUT2D eigenvalue weighted by Crippen LogP contribution is -2.02. The van der Waals surface area contributed by atoms with E-state index in [0.29, 0.717) is 0 Å². The van der Waals surface area contributed by atoms with Crippen LogP contribution in [0, 0.1) is 0 Å². The van der Waals surface area contributed by atoms with Crippen LogP contribution in [-0.4, -0.2) is 15.0 Å². The minimum atomic E-state index is -2.84. The Kier molecular flexibility index (Phi) is 2.33. The third kappa shape index (κ3) is 1.55. The van der Waals surface area contributed by atoms with Gasteiger partial charge in [-0.2, -0.15) is 8.78 Å². The molecule has 0 saturated heterocycles. The first-order valence-corrected chi connectivity index (χ1v) is 5.16. The van der Waals surface area contributed by atoms with Crippen LogP contribution in [-0.2, 0) is 10.8 Å². The van der Waals surface area contributed by atoms with Crippen LogP contribution in [0.2, 0.25) is 0 Å². The molecule has 2 aromatic rings. The second-order valence-corrected chi connectivity index (χ2v) is 4.17. The van der Waals surface area contributed by atoms with Gasteiger partial charge in [0, 0.05) is 10.9 Å². The van der Waals surface area contributed by atoms with Gasteiger partial charge in [0.1, 0.15) is 15.8 Å². The monoisotopic (exact) mass is 215 g/mol. The zero-order valence-corrected chi connectivity index (χ0v) is 7.85. The lowest BCUT2D eigenvalue weighted by atomic mass is 10.3. The summed E-state index contributed by atoms with van der Waals surface area (Å²) in [6, 6.07) is 8.59. The van der Waals surface area contributed by atoms with E-state index in [-0.39, 0.29) is 5.03 Å². The quantitative estimate of drug-likeness (QED) is 0.820. The summed E-state index contributed by atoms with van der Waals surface area (Å²) < 4.78 is 35.3. The van der Waals surface area contributed by atoms with E-state index >= 15 is 0 Å². The summed E-state index contributed by atoms with van der Waals surface area (Å²) in [4.78, 5) is 2.70. The molecule has 1 aromatic heterocycles. The molecule has 0 spiro atoms. The number of aromatic nitrogens is 1. The number of hydrogen-bond donors (Lipinski definition) is 1. The lowest BCUT2D eigenvalue weighted by molar-refractivity contribution is 0.243. The summed E-state index contributed by atoms with van der Waals surface area (Å²) in [5.74, 6) is -2.84. The molecule has 1 heterocycles. The van der Waals surface area contributed by atoms with Crippen LogP contribution in [0.15, 0.2) is 35.4 Å². The Morgan fingerprint density at radius 2 is 2.00 bits per heavy atom. The summed E-state index contributed by atoms with van der Waals surface area (Å²) in [5, 5.41) is 0.859. The lowest BCUT2D eigenvalue weighted by Gasteiger charge is -1.94. The third-order valence-electron chi connectivity index (χ3n) is 1.88. The summed E-state index contributed by atoms with van der Waals surface area (Å²) in [6.07, 6.45) is 0. The van der Waals surface area contributed by atoms with Crippen molar-refractivity contribution in [3.8, 4) is 0 Å². The standard InChI is InChI=1S/C9H7F2NOS/c10-9(11)14(13)8-5-6-3-1-2-4-7(6)12-8/h1-5,9,12H. The molecular formula is C9H7F2NOS. The van der Waals surface area contributed by atoms with E-state index in [0.717, 1.165) is 10.9 Å². The van der Waals surface area contributed by atoms with E-state index in [1.54, 1.807) is 24.3 Å². The second kappa shape index (κ2) is 3.49. The smallest absolute Gasteiger partial charge is 0.317 e. The van der Waals surface area contributed by atoms with Crippen molar-refractivity contribution >= 4 is 21.7 Å². The molecule has 14 heavy (non-hydrogen) atoms. The van der Waals surface area contributed by atoms with E-state index in [2.05, 4.69) is 4.98 Å². The summed E-state index contributed by atoms with van der Waals surface area (Å²) in [7, 11) is -2.26. The van der Waals surface area contributed by atoms with Crippen LogP contribution in [0.1, 0.15) is 0 Å². The number of alkyl halides is 2. The Bertz CT molecular complexity index is 447. The molecule has 1 unspecified atom stereocenters. The molecule has 2 nitrogen and oxygen atoms in total. The maximum Gasteiger partial charge on any atom is 0.317 e. The number of aromatic amines is 1. The van der Waals surface area contributed by atoms with Gasteiger partial charge in [0.15, 0.2) is 0 Å². The summed E-state index contributed by atoms with van der Waals surface area (Å²) >= 11 is 0. The van der Waals surface area contributed by atoms with Crippen molar-refractivity contribution in [2.75, 3.05) is 0 Å². The van der Waals surface area contributed by atoms with Gasteiger partial charge >= 0.3 is 5.76 Å². The number of nitrogens with one attached hydrogen (secondary N) is 1. The highest BCUT2D eigenvalue weighted by Crippen LogP contribution is 2.19. The highest BCUT2D eigenvalue weighted by Gasteiger charge is 2.17. The predicted molar refractivity (Wildman–Crippen MR) is 50.7 cm³/mol. The van der Waals surface area contributed by atoms with Gasteiger partial charge in [-0.1, -0.05) is 18.2 Å². The SMILES string of the molecule is O=S(c1cc2ccccc2[nH]1)C(F)F. The van der Waals surface area contributed by atoms with Crippen molar-refractivity contribution in [2.24, 2.45) is 0 Å². The van der Waals surface area contributed by atoms with Crippen LogP contribution in [0.25, 0.3) is 10.9 Å². The number of halogens is 2. The minimum absolute atomic E-state index is 0.0706. The Hall–Kier alpha value is -1.23. The first-order valence-electron chi connectivity index (χ1n) is 3.95. The fourth-order valence-corrected chi connectivity index (χ4v) is 1.90. The molecule has 0 aliphatic carbocycles. The number of H-pyrrole nitrogens is 1. The fraction of sp³-hybridized carbons (Fsp3) is 0.111. The van der Waals surface area contributed by atoms with Gasteiger partial charge in [-0.25, -0.2) is 4.21 Å². The van der Waals surface area contributed by atoms with E-state index < -0.39 is 16.6 Å². The van der Waals surface area contributed by atoms with Gasteiger partial charge in [-0.05, 0) is 12.1 Å². The van der Waals surface area contributed by atoms with Gasteiger partial charge in [-0.15, -0.1) is 0 Å². The van der Waals surface area contributed by atoms with Gasteiger partial charge in [0.25, 0.3) is 0 Å².